The minimum Gasteiger partial charge on any atom is -0.352 e. The first kappa shape index (κ1) is 11.6. The van der Waals surface area contributed by atoms with Gasteiger partial charge in [-0.25, -0.2) is 0 Å². The van der Waals surface area contributed by atoms with Gasteiger partial charge < -0.3 is 5.32 Å². The quantitative estimate of drug-likeness (QED) is 0.817. The number of carbonyl (C=O) groups is 1. The molecule has 1 amide bonds. The number of nitrogens with one attached hydrogen (secondary N) is 1. The highest BCUT2D eigenvalue weighted by Gasteiger charge is 2.08. The molecule has 3 nitrogen and oxygen atoms in total. The molecule has 0 spiro atoms. The molecule has 1 aromatic heterocycles. The second-order valence-corrected chi connectivity index (χ2v) is 4.01. The van der Waals surface area contributed by atoms with Gasteiger partial charge in [-0.05, 0) is 23.9 Å². The lowest BCUT2D eigenvalue weighted by Gasteiger charge is -2.07. The number of rotatable bonds is 4. The van der Waals surface area contributed by atoms with Gasteiger partial charge in [-0.1, -0.05) is 25.5 Å². The molecule has 0 aliphatic heterocycles. The summed E-state index contributed by atoms with van der Waals surface area (Å²) < 4.78 is 0. The zero-order valence-electron chi connectivity index (χ0n) is 9.94. The molecule has 1 heterocycles. The molecular weight excluding hydrogens is 212 g/mol. The van der Waals surface area contributed by atoms with Crippen molar-refractivity contribution in [2.24, 2.45) is 0 Å². The molecule has 1 N–H and O–H groups in total. The molecule has 88 valence electrons. The summed E-state index contributed by atoms with van der Waals surface area (Å²) in [5.41, 5.74) is 0.701. The Bertz CT molecular complexity index is 517. The predicted molar refractivity (Wildman–Crippen MR) is 69.0 cm³/mol. The Labute approximate surface area is 101 Å². The molecular formula is C14H16N2O. The fourth-order valence-electron chi connectivity index (χ4n) is 1.79. The van der Waals surface area contributed by atoms with Crippen molar-refractivity contribution in [1.29, 1.82) is 0 Å². The number of fused-ring (bicyclic) bond motifs is 1. The van der Waals surface area contributed by atoms with Gasteiger partial charge in [-0.2, -0.15) is 0 Å². The van der Waals surface area contributed by atoms with Crippen LogP contribution < -0.4 is 5.32 Å². The summed E-state index contributed by atoms with van der Waals surface area (Å²) in [6, 6.07) is 7.64. The average molecular weight is 228 g/mol. The molecule has 2 aromatic rings. The van der Waals surface area contributed by atoms with Gasteiger partial charge >= 0.3 is 0 Å². The summed E-state index contributed by atoms with van der Waals surface area (Å²) in [6.45, 7) is 2.83. The van der Waals surface area contributed by atoms with Gasteiger partial charge in [0.2, 0.25) is 0 Å². The first-order valence-corrected chi connectivity index (χ1v) is 5.94. The molecule has 2 rings (SSSR count). The highest BCUT2D eigenvalue weighted by molar-refractivity contribution is 6.06. The normalized spacial score (nSPS) is 10.4. The molecule has 0 fully saturated rings. The molecule has 0 saturated carbocycles. The van der Waals surface area contributed by atoms with Crippen molar-refractivity contribution in [3.63, 3.8) is 0 Å². The zero-order chi connectivity index (χ0) is 12.1. The Morgan fingerprint density at radius 1 is 1.35 bits per heavy atom. The van der Waals surface area contributed by atoms with E-state index in [0.29, 0.717) is 5.56 Å². The van der Waals surface area contributed by atoms with Crippen LogP contribution in [-0.2, 0) is 0 Å². The molecule has 0 unspecified atom stereocenters. The molecule has 0 aliphatic rings. The highest BCUT2D eigenvalue weighted by atomic mass is 16.1. The van der Waals surface area contributed by atoms with Gasteiger partial charge in [0.05, 0.1) is 0 Å². The van der Waals surface area contributed by atoms with Gasteiger partial charge in [0.1, 0.15) is 0 Å². The monoisotopic (exact) mass is 228 g/mol. The number of benzene rings is 1. The Morgan fingerprint density at radius 3 is 3.06 bits per heavy atom. The number of aromatic nitrogens is 1. The van der Waals surface area contributed by atoms with Crippen LogP contribution in [0.25, 0.3) is 10.8 Å². The Morgan fingerprint density at radius 2 is 2.24 bits per heavy atom. The number of amides is 1. The van der Waals surface area contributed by atoms with Crippen LogP contribution in [0.1, 0.15) is 30.1 Å². The zero-order valence-corrected chi connectivity index (χ0v) is 9.94. The van der Waals surface area contributed by atoms with Gasteiger partial charge in [-0.3, -0.25) is 9.78 Å². The van der Waals surface area contributed by atoms with Crippen LogP contribution in [0.15, 0.2) is 36.7 Å². The third kappa shape index (κ3) is 2.61. The maximum Gasteiger partial charge on any atom is 0.251 e. The van der Waals surface area contributed by atoms with Crippen LogP contribution >= 0.6 is 0 Å². The van der Waals surface area contributed by atoms with E-state index in [2.05, 4.69) is 17.2 Å². The van der Waals surface area contributed by atoms with E-state index in [1.54, 1.807) is 12.4 Å². The number of hydrogen-bond donors (Lipinski definition) is 1. The highest BCUT2D eigenvalue weighted by Crippen LogP contribution is 2.17. The first-order valence-electron chi connectivity index (χ1n) is 5.94. The summed E-state index contributed by atoms with van der Waals surface area (Å²) in [7, 11) is 0. The summed E-state index contributed by atoms with van der Waals surface area (Å²) in [4.78, 5) is 16.1. The van der Waals surface area contributed by atoms with E-state index in [1.807, 2.05) is 24.3 Å². The average Bonchev–Trinajstić information content (AvgIpc) is 2.38. The van der Waals surface area contributed by atoms with Gasteiger partial charge in [0.15, 0.2) is 0 Å². The third-order valence-corrected chi connectivity index (χ3v) is 2.74. The second kappa shape index (κ2) is 5.43. The molecule has 1 aromatic carbocycles. The second-order valence-electron chi connectivity index (χ2n) is 4.01. The Hall–Kier alpha value is -1.90. The number of nitrogens with zero attached hydrogens (tertiary/aromatic N) is 1. The maximum atomic E-state index is 12.0. The van der Waals surface area contributed by atoms with Crippen LogP contribution in [0.3, 0.4) is 0 Å². The number of carbonyl (C=O) groups excluding carboxylic acids is 1. The summed E-state index contributed by atoms with van der Waals surface area (Å²) >= 11 is 0. The topological polar surface area (TPSA) is 42.0 Å². The van der Waals surface area contributed by atoms with E-state index in [9.17, 15) is 4.79 Å². The van der Waals surface area contributed by atoms with E-state index in [-0.39, 0.29) is 5.91 Å². The fraction of sp³-hybridized carbons (Fsp3) is 0.286. The molecule has 3 heteroatoms. The van der Waals surface area contributed by atoms with Crippen LogP contribution in [0.5, 0.6) is 0 Å². The summed E-state index contributed by atoms with van der Waals surface area (Å²) in [5.74, 6) is -0.0166. The van der Waals surface area contributed by atoms with E-state index >= 15 is 0 Å². The minimum atomic E-state index is -0.0166. The molecule has 0 atom stereocenters. The van der Waals surface area contributed by atoms with Crippen molar-refractivity contribution < 1.29 is 4.79 Å². The van der Waals surface area contributed by atoms with Crippen molar-refractivity contribution in [3.8, 4) is 0 Å². The Balaban J connectivity index is 2.26. The van der Waals surface area contributed by atoms with Gasteiger partial charge in [0, 0.05) is 29.9 Å². The minimum absolute atomic E-state index is 0.0166. The molecule has 17 heavy (non-hydrogen) atoms. The van der Waals surface area contributed by atoms with Crippen molar-refractivity contribution in [3.05, 3.63) is 42.2 Å². The van der Waals surface area contributed by atoms with Crippen LogP contribution in [0.2, 0.25) is 0 Å². The van der Waals surface area contributed by atoms with Crippen LogP contribution in [0, 0.1) is 0 Å². The summed E-state index contributed by atoms with van der Waals surface area (Å²) in [5, 5.41) is 4.88. The lowest BCUT2D eigenvalue weighted by Crippen LogP contribution is -2.24. The van der Waals surface area contributed by atoms with E-state index in [1.165, 1.54) is 0 Å². The first-order chi connectivity index (χ1) is 8.33. The van der Waals surface area contributed by atoms with Gasteiger partial charge in [0.25, 0.3) is 5.91 Å². The van der Waals surface area contributed by atoms with Crippen LogP contribution in [-0.4, -0.2) is 17.4 Å². The van der Waals surface area contributed by atoms with E-state index in [4.69, 9.17) is 0 Å². The van der Waals surface area contributed by atoms with Gasteiger partial charge in [-0.15, -0.1) is 0 Å². The largest absolute Gasteiger partial charge is 0.352 e. The smallest absolute Gasteiger partial charge is 0.251 e. The number of pyridine rings is 1. The SMILES string of the molecule is CCCCNC(=O)c1cccc2ccncc12. The number of hydrogen-bond acceptors (Lipinski definition) is 2. The van der Waals surface area contributed by atoms with Crippen LogP contribution in [0.4, 0.5) is 0 Å². The molecule has 0 aliphatic carbocycles. The van der Waals surface area contributed by atoms with E-state index < -0.39 is 0 Å². The fourth-order valence-corrected chi connectivity index (χ4v) is 1.79. The molecule has 0 radical (unpaired) electrons. The maximum absolute atomic E-state index is 12.0. The van der Waals surface area contributed by atoms with E-state index in [0.717, 1.165) is 30.2 Å². The summed E-state index contributed by atoms with van der Waals surface area (Å²) in [6.07, 6.45) is 5.57. The lowest BCUT2D eigenvalue weighted by atomic mass is 10.1. The standard InChI is InChI=1S/C14H16N2O/c1-2-3-8-16-14(17)12-6-4-5-11-7-9-15-10-13(11)12/h4-7,9-10H,2-3,8H2,1H3,(H,16,17). The molecule has 0 saturated heterocycles. The molecule has 0 bridgehead atoms. The predicted octanol–water partition coefficient (Wildman–Crippen LogP) is 2.76. The third-order valence-electron chi connectivity index (χ3n) is 2.74. The van der Waals surface area contributed by atoms with Crippen molar-refractivity contribution in [1.82, 2.24) is 10.3 Å². The van der Waals surface area contributed by atoms with Crippen molar-refractivity contribution in [2.45, 2.75) is 19.8 Å². The lowest BCUT2D eigenvalue weighted by molar-refractivity contribution is 0.0955. The Kier molecular flexibility index (Phi) is 3.70. The number of unbranched alkanes of at least 4 members (excludes halogenated alkanes) is 1. The van der Waals surface area contributed by atoms with Crippen molar-refractivity contribution >= 4 is 16.7 Å². The van der Waals surface area contributed by atoms with Crippen molar-refractivity contribution in [2.75, 3.05) is 6.54 Å².